The molecule has 174 valence electrons. The summed E-state index contributed by atoms with van der Waals surface area (Å²) in [6.45, 7) is 6.30. The first-order chi connectivity index (χ1) is 14.6. The van der Waals surface area contributed by atoms with Crippen LogP contribution in [-0.2, 0) is 14.3 Å². The monoisotopic (exact) mass is 434 g/mol. The van der Waals surface area contributed by atoms with Crippen molar-refractivity contribution in [3.8, 4) is 0 Å². The molecule has 4 aliphatic carbocycles. The van der Waals surface area contributed by atoms with Crippen LogP contribution in [0.1, 0.15) is 72.1 Å². The summed E-state index contributed by atoms with van der Waals surface area (Å²) in [4.78, 5) is 12.0. The van der Waals surface area contributed by atoms with E-state index in [1.165, 1.54) is 5.57 Å². The smallest absolute Gasteiger partial charge is 0.187 e. The Bertz CT molecular complexity index is 763. The molecule has 3 N–H and O–H groups in total. The Morgan fingerprint density at radius 1 is 1.06 bits per heavy atom. The van der Waals surface area contributed by atoms with Crippen molar-refractivity contribution in [2.75, 3.05) is 0 Å². The van der Waals surface area contributed by atoms with Crippen LogP contribution >= 0.6 is 0 Å². The Kier molecular flexibility index (Phi) is 5.42. The second-order valence-electron chi connectivity index (χ2n) is 11.4. The molecule has 31 heavy (non-hydrogen) atoms. The van der Waals surface area contributed by atoms with Gasteiger partial charge in [0.1, 0.15) is 18.3 Å². The fourth-order valence-corrected chi connectivity index (χ4v) is 8.08. The Morgan fingerprint density at radius 3 is 2.55 bits per heavy atom. The fraction of sp³-hybridized carbons (Fsp3) is 0.880. The van der Waals surface area contributed by atoms with Gasteiger partial charge in [0.05, 0.1) is 12.2 Å². The lowest BCUT2D eigenvalue weighted by atomic mass is 9.47. The normalized spacial score (nSPS) is 52.8. The van der Waals surface area contributed by atoms with Gasteiger partial charge in [0, 0.05) is 6.42 Å². The fourth-order valence-electron chi connectivity index (χ4n) is 8.08. The van der Waals surface area contributed by atoms with E-state index in [2.05, 4.69) is 13.8 Å². The average Bonchev–Trinajstić information content (AvgIpc) is 3.20. The largest absolute Gasteiger partial charge is 0.391 e. The van der Waals surface area contributed by atoms with Gasteiger partial charge in [-0.1, -0.05) is 19.4 Å². The third kappa shape index (κ3) is 3.28. The number of aliphatic hydroxyl groups excluding tert-OH is 3. The average molecular weight is 435 g/mol. The summed E-state index contributed by atoms with van der Waals surface area (Å²) in [5.74, 6) is 2.15. The van der Waals surface area contributed by atoms with Gasteiger partial charge in [-0.3, -0.25) is 4.79 Å². The van der Waals surface area contributed by atoms with E-state index >= 15 is 0 Å². The van der Waals surface area contributed by atoms with Crippen molar-refractivity contribution in [3.05, 3.63) is 11.6 Å². The molecule has 0 radical (unpaired) electrons. The second-order valence-corrected chi connectivity index (χ2v) is 11.4. The van der Waals surface area contributed by atoms with Gasteiger partial charge in [-0.05, 0) is 86.5 Å². The van der Waals surface area contributed by atoms with Crippen molar-refractivity contribution in [2.45, 2.75) is 109 Å². The lowest BCUT2D eigenvalue weighted by Gasteiger charge is -2.58. The molecule has 4 fully saturated rings. The van der Waals surface area contributed by atoms with Gasteiger partial charge in [-0.15, -0.1) is 0 Å². The minimum Gasteiger partial charge on any atom is -0.391 e. The van der Waals surface area contributed by atoms with Gasteiger partial charge >= 0.3 is 0 Å². The number of aliphatic hydroxyl groups is 3. The molecule has 6 nitrogen and oxygen atoms in total. The molecule has 3 saturated carbocycles. The molecule has 0 aromatic carbocycles. The number of allylic oxidation sites excluding steroid dienone is 1. The maximum absolute atomic E-state index is 12.0. The zero-order chi connectivity index (χ0) is 22.1. The molecule has 6 heteroatoms. The maximum Gasteiger partial charge on any atom is 0.187 e. The van der Waals surface area contributed by atoms with Crippen LogP contribution in [-0.4, -0.2) is 57.9 Å². The van der Waals surface area contributed by atoms with Crippen LogP contribution in [0, 0.1) is 28.6 Å². The topological polar surface area (TPSA) is 96.2 Å². The van der Waals surface area contributed by atoms with Crippen molar-refractivity contribution in [3.63, 3.8) is 0 Å². The molecular formula is C25H38O6. The highest BCUT2D eigenvalue weighted by Crippen LogP contribution is 2.65. The van der Waals surface area contributed by atoms with Gasteiger partial charge in [0.2, 0.25) is 0 Å². The van der Waals surface area contributed by atoms with E-state index in [-0.39, 0.29) is 16.9 Å². The minimum atomic E-state index is -1.14. The summed E-state index contributed by atoms with van der Waals surface area (Å²) < 4.78 is 12.1. The molecular weight excluding hydrogens is 396 g/mol. The molecule has 5 rings (SSSR count). The summed E-state index contributed by atoms with van der Waals surface area (Å²) in [5, 5.41) is 30.5. The standard InChI is InChI=1S/C25H38O6/c1-13(26)22-20(28)21(29)23(31-22)30-19-7-6-17-16-5-4-14-12-15(27)8-10-24(14,2)18(16)9-11-25(17,19)3/h12-13,16-23,26,28-29H,4-11H2,1-3H3/t13-,16-,17-,18-,19-,20-,21-,22+,23-,24-,25-/m0/s1. The lowest BCUT2D eigenvalue weighted by Crippen LogP contribution is -2.52. The third-order valence-corrected chi connectivity index (χ3v) is 9.91. The van der Waals surface area contributed by atoms with Gasteiger partial charge in [0.25, 0.3) is 0 Å². The second kappa shape index (κ2) is 7.63. The van der Waals surface area contributed by atoms with Crippen LogP contribution in [0.5, 0.6) is 0 Å². The van der Waals surface area contributed by atoms with E-state index in [4.69, 9.17) is 9.47 Å². The van der Waals surface area contributed by atoms with E-state index in [0.717, 1.165) is 44.9 Å². The van der Waals surface area contributed by atoms with Gasteiger partial charge in [0.15, 0.2) is 12.1 Å². The molecule has 5 aliphatic rings. The van der Waals surface area contributed by atoms with Gasteiger partial charge in [-0.25, -0.2) is 0 Å². The van der Waals surface area contributed by atoms with E-state index in [0.29, 0.717) is 30.0 Å². The number of rotatable bonds is 3. The summed E-state index contributed by atoms with van der Waals surface area (Å²) in [6, 6.07) is 0. The van der Waals surface area contributed by atoms with Crippen LogP contribution < -0.4 is 0 Å². The highest BCUT2D eigenvalue weighted by Gasteiger charge is 2.60. The summed E-state index contributed by atoms with van der Waals surface area (Å²) in [7, 11) is 0. The van der Waals surface area contributed by atoms with E-state index < -0.39 is 30.7 Å². The van der Waals surface area contributed by atoms with Crippen molar-refractivity contribution in [1.29, 1.82) is 0 Å². The molecule has 0 aromatic heterocycles. The number of ether oxygens (including phenoxy) is 2. The summed E-state index contributed by atoms with van der Waals surface area (Å²) in [5.41, 5.74) is 1.58. The predicted octanol–water partition coefficient (Wildman–Crippen LogP) is 2.73. The van der Waals surface area contributed by atoms with Crippen molar-refractivity contribution >= 4 is 5.78 Å². The lowest BCUT2D eigenvalue weighted by molar-refractivity contribution is -0.223. The van der Waals surface area contributed by atoms with Gasteiger partial charge in [-0.2, -0.15) is 0 Å². The quantitative estimate of drug-likeness (QED) is 0.632. The molecule has 1 saturated heterocycles. The van der Waals surface area contributed by atoms with Crippen molar-refractivity contribution in [1.82, 2.24) is 0 Å². The molecule has 0 amide bonds. The molecule has 0 unspecified atom stereocenters. The maximum atomic E-state index is 12.0. The number of hydrogen-bond acceptors (Lipinski definition) is 6. The van der Waals surface area contributed by atoms with E-state index in [1.807, 2.05) is 6.08 Å². The molecule has 0 bridgehead atoms. The predicted molar refractivity (Wildman–Crippen MR) is 114 cm³/mol. The Labute approximate surface area is 185 Å². The molecule has 0 spiro atoms. The molecule has 11 atom stereocenters. The number of hydrogen-bond donors (Lipinski definition) is 3. The Morgan fingerprint density at radius 2 is 1.84 bits per heavy atom. The molecule has 0 aromatic rings. The number of carbonyl (C=O) groups excluding carboxylic acids is 1. The van der Waals surface area contributed by atoms with Crippen molar-refractivity contribution < 1.29 is 29.6 Å². The highest BCUT2D eigenvalue weighted by molar-refractivity contribution is 5.91. The van der Waals surface area contributed by atoms with Gasteiger partial charge < -0.3 is 24.8 Å². The number of ketones is 1. The Balaban J connectivity index is 1.33. The minimum absolute atomic E-state index is 0.0178. The van der Waals surface area contributed by atoms with Crippen LogP contribution in [0.3, 0.4) is 0 Å². The van der Waals surface area contributed by atoms with Crippen LogP contribution in [0.2, 0.25) is 0 Å². The zero-order valence-corrected chi connectivity index (χ0v) is 19.0. The highest BCUT2D eigenvalue weighted by atomic mass is 16.7. The van der Waals surface area contributed by atoms with Crippen LogP contribution in [0.25, 0.3) is 0 Å². The first-order valence-corrected chi connectivity index (χ1v) is 12.2. The van der Waals surface area contributed by atoms with Crippen LogP contribution in [0.4, 0.5) is 0 Å². The number of fused-ring (bicyclic) bond motifs is 5. The van der Waals surface area contributed by atoms with Crippen molar-refractivity contribution in [2.24, 2.45) is 28.6 Å². The Hall–Kier alpha value is -0.790. The SMILES string of the molecule is C[C@H](O)[C@H]1O[C@H](O[C@H]2CC[C@H]3[C@@H]4CCC5=CC(=O)CC[C@]5(C)[C@H]4CC[C@]23C)[C@@H](O)[C@@H]1O. The zero-order valence-electron chi connectivity index (χ0n) is 19.0. The number of carbonyl (C=O) groups is 1. The summed E-state index contributed by atoms with van der Waals surface area (Å²) in [6.07, 6.45) is 5.21. The van der Waals surface area contributed by atoms with E-state index in [1.54, 1.807) is 6.92 Å². The summed E-state index contributed by atoms with van der Waals surface area (Å²) >= 11 is 0. The molecule has 1 aliphatic heterocycles. The first kappa shape index (κ1) is 22.0. The molecule has 1 heterocycles. The van der Waals surface area contributed by atoms with E-state index in [9.17, 15) is 20.1 Å². The van der Waals surface area contributed by atoms with Crippen LogP contribution in [0.15, 0.2) is 11.6 Å². The first-order valence-electron chi connectivity index (χ1n) is 12.2. The third-order valence-electron chi connectivity index (χ3n) is 9.91.